The summed E-state index contributed by atoms with van der Waals surface area (Å²) < 4.78 is 2.08. The summed E-state index contributed by atoms with van der Waals surface area (Å²) >= 11 is 5.32. The predicted octanol–water partition coefficient (Wildman–Crippen LogP) is 3.86. The van der Waals surface area contributed by atoms with E-state index < -0.39 is 0 Å². The Morgan fingerprint density at radius 2 is 1.71 bits per heavy atom. The van der Waals surface area contributed by atoms with Gasteiger partial charge in [0.2, 0.25) is 5.91 Å². The van der Waals surface area contributed by atoms with Crippen molar-refractivity contribution in [1.82, 2.24) is 14.5 Å². The maximum absolute atomic E-state index is 12.9. The first kappa shape index (κ1) is 19.6. The largest absolute Gasteiger partial charge is 0.336 e. The summed E-state index contributed by atoms with van der Waals surface area (Å²) in [4.78, 5) is 29.7. The second-order valence-corrected chi connectivity index (χ2v) is 7.01. The average Bonchev–Trinajstić information content (AvgIpc) is 3.06. The molecule has 144 valence electrons. The fourth-order valence-electron chi connectivity index (χ4n) is 3.03. The van der Waals surface area contributed by atoms with Gasteiger partial charge in [0.1, 0.15) is 5.69 Å². The van der Waals surface area contributed by atoms with Gasteiger partial charge in [0.05, 0.1) is 6.54 Å². The molecule has 1 heterocycles. The molecule has 0 saturated heterocycles. The van der Waals surface area contributed by atoms with Crippen molar-refractivity contribution in [1.29, 1.82) is 0 Å². The van der Waals surface area contributed by atoms with E-state index in [2.05, 4.69) is 10.3 Å². The third kappa shape index (κ3) is 4.04. The van der Waals surface area contributed by atoms with Gasteiger partial charge in [-0.15, -0.1) is 0 Å². The highest BCUT2D eigenvalue weighted by molar-refractivity contribution is 7.71. The number of nitrogens with zero attached hydrogens (tertiary/aromatic N) is 2. The van der Waals surface area contributed by atoms with Crippen molar-refractivity contribution in [3.63, 3.8) is 0 Å². The second kappa shape index (κ2) is 8.22. The molecule has 0 aliphatic rings. The first-order chi connectivity index (χ1) is 13.4. The summed E-state index contributed by atoms with van der Waals surface area (Å²) in [5.41, 5.74) is 3.89. The SMILES string of the molecule is Cc1cccc(C)c1NC(=O)CN(C)C(=O)c1c[nH]c(=S)n1-c1ccccc1. The van der Waals surface area contributed by atoms with Crippen molar-refractivity contribution in [2.45, 2.75) is 13.8 Å². The number of para-hydroxylation sites is 2. The topological polar surface area (TPSA) is 70.1 Å². The average molecular weight is 395 g/mol. The number of rotatable bonds is 5. The van der Waals surface area contributed by atoms with Gasteiger partial charge < -0.3 is 15.2 Å². The molecular weight excluding hydrogens is 372 g/mol. The van der Waals surface area contributed by atoms with Crippen molar-refractivity contribution in [2.75, 3.05) is 18.9 Å². The molecule has 0 bridgehead atoms. The molecule has 28 heavy (non-hydrogen) atoms. The summed E-state index contributed by atoms with van der Waals surface area (Å²) in [5, 5.41) is 2.90. The van der Waals surface area contributed by atoms with Crippen LogP contribution in [0, 0.1) is 18.6 Å². The Bertz CT molecular complexity index is 1050. The first-order valence-electron chi connectivity index (χ1n) is 8.86. The summed E-state index contributed by atoms with van der Waals surface area (Å²) in [6.45, 7) is 3.80. The zero-order valence-electron chi connectivity index (χ0n) is 16.0. The molecule has 0 aliphatic carbocycles. The molecule has 0 radical (unpaired) electrons. The number of nitrogens with one attached hydrogen (secondary N) is 2. The van der Waals surface area contributed by atoms with Crippen LogP contribution in [0.25, 0.3) is 5.69 Å². The minimum Gasteiger partial charge on any atom is -0.336 e. The molecule has 0 spiro atoms. The van der Waals surface area contributed by atoms with E-state index >= 15 is 0 Å². The zero-order chi connectivity index (χ0) is 20.3. The molecule has 2 aromatic carbocycles. The number of aryl methyl sites for hydroxylation is 2. The maximum Gasteiger partial charge on any atom is 0.272 e. The molecule has 0 unspecified atom stereocenters. The van der Waals surface area contributed by atoms with Crippen molar-refractivity contribution in [2.24, 2.45) is 0 Å². The summed E-state index contributed by atoms with van der Waals surface area (Å²) in [6, 6.07) is 15.2. The van der Waals surface area contributed by atoms with E-state index in [1.807, 2.05) is 62.4 Å². The Kier molecular flexibility index (Phi) is 5.75. The van der Waals surface area contributed by atoms with Gasteiger partial charge in [-0.1, -0.05) is 36.4 Å². The highest BCUT2D eigenvalue weighted by atomic mass is 32.1. The number of imidazole rings is 1. The lowest BCUT2D eigenvalue weighted by molar-refractivity contribution is -0.116. The molecule has 0 aliphatic heterocycles. The number of hydrogen-bond acceptors (Lipinski definition) is 3. The molecule has 6 nitrogen and oxygen atoms in total. The van der Waals surface area contributed by atoms with E-state index in [0.717, 1.165) is 22.5 Å². The van der Waals surface area contributed by atoms with Crippen LogP contribution >= 0.6 is 12.2 Å². The minimum absolute atomic E-state index is 0.0701. The smallest absolute Gasteiger partial charge is 0.272 e. The number of aromatic nitrogens is 2. The van der Waals surface area contributed by atoms with Gasteiger partial charge in [0, 0.05) is 24.6 Å². The number of benzene rings is 2. The van der Waals surface area contributed by atoms with E-state index in [9.17, 15) is 9.59 Å². The molecule has 0 saturated carbocycles. The van der Waals surface area contributed by atoms with Gasteiger partial charge in [-0.05, 0) is 49.3 Å². The lowest BCUT2D eigenvalue weighted by Crippen LogP contribution is -2.36. The van der Waals surface area contributed by atoms with Crippen LogP contribution in [-0.4, -0.2) is 39.9 Å². The predicted molar refractivity (Wildman–Crippen MR) is 112 cm³/mol. The van der Waals surface area contributed by atoms with Crippen LogP contribution in [0.3, 0.4) is 0 Å². The van der Waals surface area contributed by atoms with Crippen molar-refractivity contribution in [3.8, 4) is 5.69 Å². The third-order valence-electron chi connectivity index (χ3n) is 4.48. The van der Waals surface area contributed by atoms with Crippen molar-refractivity contribution >= 4 is 29.7 Å². The van der Waals surface area contributed by atoms with E-state index in [0.29, 0.717) is 10.5 Å². The monoisotopic (exact) mass is 394 g/mol. The molecule has 2 amide bonds. The van der Waals surface area contributed by atoms with Crippen LogP contribution in [0.2, 0.25) is 0 Å². The lowest BCUT2D eigenvalue weighted by atomic mass is 10.1. The second-order valence-electron chi connectivity index (χ2n) is 6.63. The number of likely N-dealkylation sites (N-methyl/N-ethyl adjacent to an activating group) is 1. The Hall–Kier alpha value is -3.19. The summed E-state index contributed by atoms with van der Waals surface area (Å²) in [5.74, 6) is -0.554. The van der Waals surface area contributed by atoms with E-state index in [-0.39, 0.29) is 18.4 Å². The summed E-state index contributed by atoms with van der Waals surface area (Å²) in [7, 11) is 1.60. The van der Waals surface area contributed by atoms with Crippen LogP contribution in [0.5, 0.6) is 0 Å². The standard InChI is InChI=1S/C21H22N4O2S/c1-14-8-7-9-15(2)19(14)23-18(26)13-24(3)20(27)17-12-22-21(28)25(17)16-10-5-4-6-11-16/h4-12H,13H2,1-3H3,(H,22,28)(H,23,26). The van der Waals surface area contributed by atoms with Crippen LogP contribution in [0.15, 0.2) is 54.7 Å². The fourth-order valence-corrected chi connectivity index (χ4v) is 3.30. The minimum atomic E-state index is -0.298. The van der Waals surface area contributed by atoms with Gasteiger partial charge >= 0.3 is 0 Å². The number of H-pyrrole nitrogens is 1. The van der Waals surface area contributed by atoms with E-state index in [1.54, 1.807) is 17.8 Å². The molecule has 7 heteroatoms. The third-order valence-corrected chi connectivity index (χ3v) is 4.78. The first-order valence-corrected chi connectivity index (χ1v) is 9.26. The van der Waals surface area contributed by atoms with Crippen LogP contribution in [0.1, 0.15) is 21.6 Å². The van der Waals surface area contributed by atoms with E-state index in [4.69, 9.17) is 12.2 Å². The van der Waals surface area contributed by atoms with Crippen molar-refractivity contribution in [3.05, 3.63) is 76.3 Å². The zero-order valence-corrected chi connectivity index (χ0v) is 16.8. The maximum atomic E-state index is 12.9. The summed E-state index contributed by atoms with van der Waals surface area (Å²) in [6.07, 6.45) is 1.57. The molecule has 1 aromatic heterocycles. The van der Waals surface area contributed by atoms with Gasteiger partial charge in [-0.3, -0.25) is 14.2 Å². The Morgan fingerprint density at radius 3 is 2.36 bits per heavy atom. The van der Waals surface area contributed by atoms with Crippen molar-refractivity contribution < 1.29 is 9.59 Å². The number of hydrogen-bond donors (Lipinski definition) is 2. The number of amides is 2. The molecule has 0 atom stereocenters. The van der Waals surface area contributed by atoms with Crippen LogP contribution in [0.4, 0.5) is 5.69 Å². The number of carbonyl (C=O) groups is 2. The lowest BCUT2D eigenvalue weighted by Gasteiger charge is -2.19. The Morgan fingerprint density at radius 1 is 1.07 bits per heavy atom. The highest BCUT2D eigenvalue weighted by Gasteiger charge is 2.20. The number of aromatic amines is 1. The Balaban J connectivity index is 1.77. The van der Waals surface area contributed by atoms with E-state index in [1.165, 1.54) is 4.90 Å². The van der Waals surface area contributed by atoms with Crippen LogP contribution < -0.4 is 5.32 Å². The van der Waals surface area contributed by atoms with Crippen LogP contribution in [-0.2, 0) is 4.79 Å². The molecule has 0 fully saturated rings. The highest BCUT2D eigenvalue weighted by Crippen LogP contribution is 2.19. The number of anilines is 1. The van der Waals surface area contributed by atoms with Gasteiger partial charge in [0.25, 0.3) is 5.91 Å². The molecular formula is C21H22N4O2S. The molecule has 3 aromatic rings. The number of carbonyl (C=O) groups excluding carboxylic acids is 2. The van der Waals surface area contributed by atoms with Gasteiger partial charge in [-0.2, -0.15) is 0 Å². The normalized spacial score (nSPS) is 10.5. The fraction of sp³-hybridized carbons (Fsp3) is 0.190. The Labute approximate surface area is 168 Å². The van der Waals surface area contributed by atoms with Gasteiger partial charge in [0.15, 0.2) is 4.77 Å². The van der Waals surface area contributed by atoms with Gasteiger partial charge in [-0.25, -0.2) is 0 Å². The quantitative estimate of drug-likeness (QED) is 0.646. The molecule has 3 rings (SSSR count). The molecule has 2 N–H and O–H groups in total.